The molecule has 0 aliphatic heterocycles. The van der Waals surface area contributed by atoms with Crippen molar-refractivity contribution in [2.75, 3.05) is 13.7 Å². The smallest absolute Gasteiger partial charge is 0.164 e. The zero-order valence-corrected chi connectivity index (χ0v) is 8.46. The van der Waals surface area contributed by atoms with Gasteiger partial charge in [-0.05, 0) is 25.0 Å². The summed E-state index contributed by atoms with van der Waals surface area (Å²) in [5, 5.41) is 0. The molecular weight excluding hydrogens is 164 g/mol. The first-order valence-corrected chi connectivity index (χ1v) is 4.62. The van der Waals surface area contributed by atoms with Crippen LogP contribution in [0.1, 0.15) is 19.4 Å². The monoisotopic (exact) mass is 180 g/mol. The lowest BCUT2D eigenvalue weighted by Gasteiger charge is -2.12. The number of benzene rings is 1. The van der Waals surface area contributed by atoms with Crippen LogP contribution in [0.25, 0.3) is 0 Å². The zero-order valence-electron chi connectivity index (χ0n) is 8.46. The number of para-hydroxylation sites is 1. The number of rotatable bonds is 4. The normalized spacial score (nSPS) is 9.77. The second-order valence-electron chi connectivity index (χ2n) is 2.74. The van der Waals surface area contributed by atoms with E-state index in [9.17, 15) is 0 Å². The Morgan fingerprint density at radius 2 is 2.00 bits per heavy atom. The van der Waals surface area contributed by atoms with E-state index in [-0.39, 0.29) is 0 Å². The van der Waals surface area contributed by atoms with Crippen LogP contribution in [0.4, 0.5) is 0 Å². The standard InChI is InChI=1S/C11H16O2/c1-4-9-7-6-8-10(12-3)11(9)13-5-2/h6-8H,4-5H2,1-3H3. The van der Waals surface area contributed by atoms with Crippen molar-refractivity contribution >= 4 is 0 Å². The highest BCUT2D eigenvalue weighted by atomic mass is 16.5. The summed E-state index contributed by atoms with van der Waals surface area (Å²) in [6, 6.07) is 5.97. The van der Waals surface area contributed by atoms with E-state index in [1.165, 1.54) is 5.56 Å². The van der Waals surface area contributed by atoms with Gasteiger partial charge in [-0.1, -0.05) is 19.1 Å². The minimum atomic E-state index is 0.674. The molecule has 0 unspecified atom stereocenters. The Morgan fingerprint density at radius 3 is 2.54 bits per heavy atom. The Kier molecular flexibility index (Phi) is 3.62. The minimum Gasteiger partial charge on any atom is -0.493 e. The summed E-state index contributed by atoms with van der Waals surface area (Å²) in [5.41, 5.74) is 1.20. The molecule has 0 spiro atoms. The summed E-state index contributed by atoms with van der Waals surface area (Å²) in [5.74, 6) is 1.70. The molecule has 0 heterocycles. The summed E-state index contributed by atoms with van der Waals surface area (Å²) in [6.45, 7) is 4.76. The van der Waals surface area contributed by atoms with E-state index in [1.54, 1.807) is 7.11 Å². The molecule has 0 radical (unpaired) electrons. The zero-order chi connectivity index (χ0) is 9.68. The van der Waals surface area contributed by atoms with Gasteiger partial charge in [-0.15, -0.1) is 0 Å². The highest BCUT2D eigenvalue weighted by Crippen LogP contribution is 2.31. The third-order valence-corrected chi connectivity index (χ3v) is 1.95. The van der Waals surface area contributed by atoms with Crippen LogP contribution in [0, 0.1) is 0 Å². The molecule has 72 valence electrons. The fraction of sp³-hybridized carbons (Fsp3) is 0.455. The molecule has 0 aromatic heterocycles. The van der Waals surface area contributed by atoms with E-state index in [1.807, 2.05) is 19.1 Å². The Hall–Kier alpha value is -1.18. The summed E-state index contributed by atoms with van der Waals surface area (Å²) >= 11 is 0. The van der Waals surface area contributed by atoms with E-state index in [4.69, 9.17) is 9.47 Å². The van der Waals surface area contributed by atoms with Crippen molar-refractivity contribution in [3.63, 3.8) is 0 Å². The van der Waals surface area contributed by atoms with Crippen molar-refractivity contribution in [1.82, 2.24) is 0 Å². The van der Waals surface area contributed by atoms with Gasteiger partial charge >= 0.3 is 0 Å². The lowest BCUT2D eigenvalue weighted by Crippen LogP contribution is -1.98. The maximum absolute atomic E-state index is 5.52. The molecule has 0 bridgehead atoms. The van der Waals surface area contributed by atoms with Crippen LogP contribution >= 0.6 is 0 Å². The number of methoxy groups -OCH3 is 1. The maximum atomic E-state index is 5.52. The van der Waals surface area contributed by atoms with Gasteiger partial charge in [0.15, 0.2) is 11.5 Å². The second kappa shape index (κ2) is 4.75. The third-order valence-electron chi connectivity index (χ3n) is 1.95. The summed E-state index contributed by atoms with van der Waals surface area (Å²) in [4.78, 5) is 0. The van der Waals surface area contributed by atoms with E-state index < -0.39 is 0 Å². The van der Waals surface area contributed by atoms with Crippen LogP contribution in [-0.4, -0.2) is 13.7 Å². The first kappa shape index (κ1) is 9.90. The van der Waals surface area contributed by atoms with Gasteiger partial charge in [0.25, 0.3) is 0 Å². The predicted molar refractivity (Wildman–Crippen MR) is 53.5 cm³/mol. The van der Waals surface area contributed by atoms with Gasteiger partial charge in [-0.2, -0.15) is 0 Å². The summed E-state index contributed by atoms with van der Waals surface area (Å²) in [6.07, 6.45) is 0.965. The van der Waals surface area contributed by atoms with Crippen LogP contribution in [0.15, 0.2) is 18.2 Å². The van der Waals surface area contributed by atoms with Crippen molar-refractivity contribution in [3.05, 3.63) is 23.8 Å². The first-order chi connectivity index (χ1) is 6.33. The molecule has 1 aromatic rings. The molecule has 1 rings (SSSR count). The third kappa shape index (κ3) is 2.14. The number of hydrogen-bond acceptors (Lipinski definition) is 2. The molecule has 0 N–H and O–H groups in total. The molecule has 0 saturated carbocycles. The van der Waals surface area contributed by atoms with Gasteiger partial charge in [-0.3, -0.25) is 0 Å². The van der Waals surface area contributed by atoms with Crippen molar-refractivity contribution in [1.29, 1.82) is 0 Å². The number of ether oxygens (including phenoxy) is 2. The van der Waals surface area contributed by atoms with Crippen LogP contribution in [-0.2, 0) is 6.42 Å². The highest BCUT2D eigenvalue weighted by Gasteiger charge is 2.07. The topological polar surface area (TPSA) is 18.5 Å². The number of hydrogen-bond donors (Lipinski definition) is 0. The van der Waals surface area contributed by atoms with Crippen molar-refractivity contribution in [2.45, 2.75) is 20.3 Å². The lowest BCUT2D eigenvalue weighted by molar-refractivity contribution is 0.308. The molecule has 2 nitrogen and oxygen atoms in total. The molecule has 0 aliphatic carbocycles. The SMILES string of the molecule is CCOc1c(CC)cccc1OC. The Bertz CT molecular complexity index is 247. The van der Waals surface area contributed by atoms with Crippen LogP contribution in [0.3, 0.4) is 0 Å². The number of aryl methyl sites for hydroxylation is 1. The molecule has 0 aliphatic rings. The predicted octanol–water partition coefficient (Wildman–Crippen LogP) is 2.66. The van der Waals surface area contributed by atoms with Crippen LogP contribution < -0.4 is 9.47 Å². The van der Waals surface area contributed by atoms with E-state index in [0.717, 1.165) is 17.9 Å². The average molecular weight is 180 g/mol. The van der Waals surface area contributed by atoms with Crippen molar-refractivity contribution in [2.24, 2.45) is 0 Å². The van der Waals surface area contributed by atoms with Crippen LogP contribution in [0.2, 0.25) is 0 Å². The molecule has 2 heteroatoms. The van der Waals surface area contributed by atoms with E-state index in [0.29, 0.717) is 6.61 Å². The van der Waals surface area contributed by atoms with Gasteiger partial charge in [0.1, 0.15) is 0 Å². The second-order valence-corrected chi connectivity index (χ2v) is 2.74. The van der Waals surface area contributed by atoms with E-state index in [2.05, 4.69) is 13.0 Å². The quantitative estimate of drug-likeness (QED) is 0.709. The maximum Gasteiger partial charge on any atom is 0.164 e. The Labute approximate surface area is 79.5 Å². The fourth-order valence-electron chi connectivity index (χ4n) is 1.31. The summed E-state index contributed by atoms with van der Waals surface area (Å²) < 4.78 is 10.7. The molecule has 0 atom stereocenters. The van der Waals surface area contributed by atoms with Gasteiger partial charge in [-0.25, -0.2) is 0 Å². The summed E-state index contributed by atoms with van der Waals surface area (Å²) in [7, 11) is 1.66. The van der Waals surface area contributed by atoms with Crippen LogP contribution in [0.5, 0.6) is 11.5 Å². The highest BCUT2D eigenvalue weighted by molar-refractivity contribution is 5.46. The van der Waals surface area contributed by atoms with Crippen molar-refractivity contribution in [3.8, 4) is 11.5 Å². The lowest BCUT2D eigenvalue weighted by atomic mass is 10.1. The Balaban J connectivity index is 3.05. The largest absolute Gasteiger partial charge is 0.493 e. The molecule has 0 fully saturated rings. The first-order valence-electron chi connectivity index (χ1n) is 4.62. The van der Waals surface area contributed by atoms with Gasteiger partial charge in [0, 0.05) is 0 Å². The molecule has 1 aromatic carbocycles. The molecular formula is C11H16O2. The fourth-order valence-corrected chi connectivity index (χ4v) is 1.31. The van der Waals surface area contributed by atoms with Crippen molar-refractivity contribution < 1.29 is 9.47 Å². The molecule has 0 saturated heterocycles. The Morgan fingerprint density at radius 1 is 1.23 bits per heavy atom. The van der Waals surface area contributed by atoms with E-state index >= 15 is 0 Å². The minimum absolute atomic E-state index is 0.674. The van der Waals surface area contributed by atoms with Gasteiger partial charge < -0.3 is 9.47 Å². The molecule has 13 heavy (non-hydrogen) atoms. The van der Waals surface area contributed by atoms with Gasteiger partial charge in [0.2, 0.25) is 0 Å². The molecule has 0 amide bonds. The average Bonchev–Trinajstić information content (AvgIpc) is 2.18. The van der Waals surface area contributed by atoms with Gasteiger partial charge in [0.05, 0.1) is 13.7 Å².